The predicted octanol–water partition coefficient (Wildman–Crippen LogP) is 5.72. The van der Waals surface area contributed by atoms with Gasteiger partial charge in [-0.15, -0.1) is 0 Å². The largest absolute Gasteiger partial charge is 0.325 e. The van der Waals surface area contributed by atoms with Gasteiger partial charge in [-0.3, -0.25) is 0 Å². The van der Waals surface area contributed by atoms with Crippen LogP contribution in [0.4, 0.5) is 0 Å². The van der Waals surface area contributed by atoms with Crippen LogP contribution in [-0.4, -0.2) is 26.0 Å². The zero-order valence-corrected chi connectivity index (χ0v) is 15.7. The van der Waals surface area contributed by atoms with Crippen molar-refractivity contribution in [2.24, 2.45) is 0 Å². The SMILES string of the molecule is CCC(C)[SH](C)(C(C)C)(C(C)C)n1ccc2ccccc21. The van der Waals surface area contributed by atoms with Gasteiger partial charge in [-0.1, -0.05) is 59.7 Å². The number of benzene rings is 1. The monoisotopic (exact) mass is 307 g/mol. The Bertz CT molecular complexity index is 615. The van der Waals surface area contributed by atoms with Crippen molar-refractivity contribution >= 4 is 20.3 Å². The summed E-state index contributed by atoms with van der Waals surface area (Å²) in [4.78, 5) is 0. The second-order valence-electron chi connectivity index (χ2n) is 7.43. The molecule has 0 saturated heterocycles. The molecule has 1 nitrogen and oxygen atoms in total. The Balaban J connectivity index is 2.89. The summed E-state index contributed by atoms with van der Waals surface area (Å²) in [7, 11) is -2.13. The van der Waals surface area contributed by atoms with Crippen LogP contribution in [0.25, 0.3) is 10.9 Å². The molecule has 0 saturated carbocycles. The van der Waals surface area contributed by atoms with Crippen LogP contribution in [0.5, 0.6) is 0 Å². The van der Waals surface area contributed by atoms with Gasteiger partial charge in [0.15, 0.2) is 0 Å². The Labute approximate surface area is 131 Å². The van der Waals surface area contributed by atoms with Crippen molar-refractivity contribution in [3.8, 4) is 0 Å². The number of hydrogen-bond acceptors (Lipinski definition) is 0. The second kappa shape index (κ2) is 5.39. The lowest BCUT2D eigenvalue weighted by atomic mass is 10.3. The zero-order valence-electron chi connectivity index (χ0n) is 14.8. The number of rotatable bonds is 5. The van der Waals surface area contributed by atoms with E-state index < -0.39 is 9.35 Å². The molecule has 21 heavy (non-hydrogen) atoms. The number of hydrogen-bond donors (Lipinski definition) is 1. The highest BCUT2D eigenvalue weighted by molar-refractivity contribution is 8.49. The van der Waals surface area contributed by atoms with Gasteiger partial charge in [0.05, 0.1) is 5.52 Å². The minimum atomic E-state index is -2.13. The minimum Gasteiger partial charge on any atom is -0.325 e. The van der Waals surface area contributed by atoms with Gasteiger partial charge in [-0.05, 0) is 40.6 Å². The van der Waals surface area contributed by atoms with Crippen LogP contribution in [0.2, 0.25) is 0 Å². The Morgan fingerprint density at radius 3 is 2.05 bits per heavy atom. The molecule has 2 aromatic rings. The normalized spacial score (nSPS) is 16.3. The summed E-state index contributed by atoms with van der Waals surface area (Å²) in [6.07, 6.45) is 6.24. The van der Waals surface area contributed by atoms with Crippen LogP contribution >= 0.6 is 9.35 Å². The van der Waals surface area contributed by atoms with E-state index in [-0.39, 0.29) is 0 Å². The van der Waals surface area contributed by atoms with E-state index in [9.17, 15) is 0 Å². The van der Waals surface area contributed by atoms with Crippen molar-refractivity contribution in [1.82, 2.24) is 3.97 Å². The Kier molecular flexibility index (Phi) is 4.23. The highest BCUT2D eigenvalue weighted by Gasteiger charge is 2.48. The van der Waals surface area contributed by atoms with Crippen LogP contribution in [-0.2, 0) is 0 Å². The number of aromatic nitrogens is 1. The molecule has 1 aromatic heterocycles. The number of para-hydroxylation sites is 1. The molecule has 0 radical (unpaired) electrons. The van der Waals surface area contributed by atoms with Crippen LogP contribution in [0.1, 0.15) is 48.0 Å². The molecule has 2 heteroatoms. The first-order chi connectivity index (χ1) is 9.78. The maximum atomic E-state index is 2.71. The quantitative estimate of drug-likeness (QED) is 0.674. The van der Waals surface area contributed by atoms with E-state index >= 15 is 0 Å². The summed E-state index contributed by atoms with van der Waals surface area (Å²) >= 11 is 0. The molecule has 0 bridgehead atoms. The molecule has 2 rings (SSSR count). The van der Waals surface area contributed by atoms with Crippen LogP contribution in [0.15, 0.2) is 36.5 Å². The molecule has 0 spiro atoms. The third kappa shape index (κ3) is 1.98. The molecule has 0 N–H and O–H groups in total. The Morgan fingerprint density at radius 2 is 1.52 bits per heavy atom. The molecule has 1 aromatic carbocycles. The summed E-state index contributed by atoms with van der Waals surface area (Å²) in [6, 6.07) is 11.2. The first-order valence-corrected chi connectivity index (χ1v) is 11.2. The smallest absolute Gasteiger partial charge is 0.0556 e. The highest BCUT2D eigenvalue weighted by atomic mass is 32.3. The lowest BCUT2D eigenvalue weighted by Crippen LogP contribution is -2.46. The molecule has 1 unspecified atom stereocenters. The zero-order chi connectivity index (χ0) is 15.9. The lowest BCUT2D eigenvalue weighted by Gasteiger charge is -2.71. The van der Waals surface area contributed by atoms with Gasteiger partial charge in [0.25, 0.3) is 0 Å². The Morgan fingerprint density at radius 1 is 0.952 bits per heavy atom. The van der Waals surface area contributed by atoms with Gasteiger partial charge < -0.3 is 3.97 Å². The topological polar surface area (TPSA) is 4.93 Å². The van der Waals surface area contributed by atoms with Crippen molar-refractivity contribution in [3.05, 3.63) is 36.5 Å². The summed E-state index contributed by atoms with van der Waals surface area (Å²) in [5.41, 5.74) is 1.42. The molecule has 0 amide bonds. The van der Waals surface area contributed by atoms with Crippen LogP contribution in [0, 0.1) is 0 Å². The standard InChI is InChI=1S/C19H33NS/c1-8-17(6)21(7,15(2)3,16(4)5)20-14-13-18-11-9-10-12-19(18)20/h9-17,21H,8H2,1-7H3. The fourth-order valence-corrected chi connectivity index (χ4v) is 11.1. The molecular weight excluding hydrogens is 274 g/mol. The summed E-state index contributed by atoms with van der Waals surface area (Å²) < 4.78 is 2.71. The van der Waals surface area contributed by atoms with E-state index in [1.807, 2.05) is 0 Å². The molecule has 0 fully saturated rings. The van der Waals surface area contributed by atoms with Crippen molar-refractivity contribution in [2.45, 2.75) is 63.7 Å². The third-order valence-electron chi connectivity index (χ3n) is 6.59. The molecule has 1 heterocycles. The predicted molar refractivity (Wildman–Crippen MR) is 102 cm³/mol. The van der Waals surface area contributed by atoms with E-state index in [0.29, 0.717) is 10.5 Å². The van der Waals surface area contributed by atoms with Gasteiger partial charge in [0.2, 0.25) is 0 Å². The van der Waals surface area contributed by atoms with E-state index in [1.165, 1.54) is 17.3 Å². The number of fused-ring (bicyclic) bond motifs is 1. The number of thiol groups is 1. The average Bonchev–Trinajstić information content (AvgIpc) is 2.89. The third-order valence-corrected chi connectivity index (χ3v) is 16.2. The average molecular weight is 308 g/mol. The van der Waals surface area contributed by atoms with Crippen LogP contribution < -0.4 is 0 Å². The van der Waals surface area contributed by atoms with E-state index in [0.717, 1.165) is 5.25 Å². The molecule has 0 aliphatic rings. The molecule has 120 valence electrons. The first-order valence-electron chi connectivity index (χ1n) is 8.36. The summed E-state index contributed by atoms with van der Waals surface area (Å²) in [6.45, 7) is 14.6. The molecular formula is C19H33NS. The van der Waals surface area contributed by atoms with Crippen molar-refractivity contribution in [1.29, 1.82) is 0 Å². The molecule has 0 aliphatic carbocycles. The maximum Gasteiger partial charge on any atom is 0.0556 e. The summed E-state index contributed by atoms with van der Waals surface area (Å²) in [5.74, 6) is 0. The van der Waals surface area contributed by atoms with Crippen molar-refractivity contribution < 1.29 is 0 Å². The molecule has 1 atom stereocenters. The lowest BCUT2D eigenvalue weighted by molar-refractivity contribution is 0.814. The van der Waals surface area contributed by atoms with Gasteiger partial charge in [0.1, 0.15) is 0 Å². The van der Waals surface area contributed by atoms with Gasteiger partial charge in [-0.25, -0.2) is 9.35 Å². The van der Waals surface area contributed by atoms with Gasteiger partial charge in [0, 0.05) is 11.6 Å². The number of nitrogens with zero attached hydrogens (tertiary/aromatic N) is 1. The van der Waals surface area contributed by atoms with Crippen molar-refractivity contribution in [3.63, 3.8) is 0 Å². The van der Waals surface area contributed by atoms with E-state index in [4.69, 9.17) is 0 Å². The highest BCUT2D eigenvalue weighted by Crippen LogP contribution is 2.78. The van der Waals surface area contributed by atoms with E-state index in [2.05, 4.69) is 88.3 Å². The summed E-state index contributed by atoms with van der Waals surface area (Å²) in [5, 5.41) is 3.47. The van der Waals surface area contributed by atoms with Crippen LogP contribution in [0.3, 0.4) is 0 Å². The second-order valence-corrected chi connectivity index (χ2v) is 14.3. The first kappa shape index (κ1) is 16.5. The van der Waals surface area contributed by atoms with Gasteiger partial charge in [-0.2, -0.15) is 0 Å². The fraction of sp³-hybridized carbons (Fsp3) is 0.579. The van der Waals surface area contributed by atoms with E-state index in [1.54, 1.807) is 0 Å². The minimum absolute atomic E-state index is 0.682. The molecule has 0 aliphatic heterocycles. The fourth-order valence-electron chi connectivity index (χ4n) is 4.34. The Hall–Kier alpha value is -0.890. The van der Waals surface area contributed by atoms with Gasteiger partial charge >= 0.3 is 0 Å². The maximum absolute atomic E-state index is 2.71. The van der Waals surface area contributed by atoms with Crippen molar-refractivity contribution in [2.75, 3.05) is 6.26 Å².